The van der Waals surface area contributed by atoms with E-state index in [-0.39, 0.29) is 5.78 Å². The lowest BCUT2D eigenvalue weighted by molar-refractivity contribution is 0.102. The first-order chi connectivity index (χ1) is 14.2. The summed E-state index contributed by atoms with van der Waals surface area (Å²) in [4.78, 5) is 13.5. The molecule has 0 aliphatic heterocycles. The van der Waals surface area contributed by atoms with E-state index in [1.165, 1.54) is 15.9 Å². The zero-order chi connectivity index (χ0) is 20.1. The van der Waals surface area contributed by atoms with Gasteiger partial charge in [0, 0.05) is 11.3 Å². The maximum Gasteiger partial charge on any atom is 0.201 e. The Bertz CT molecular complexity index is 998. The van der Waals surface area contributed by atoms with Crippen molar-refractivity contribution >= 4 is 34.6 Å². The van der Waals surface area contributed by atoms with Crippen LogP contribution >= 0.6 is 7.26 Å². The van der Waals surface area contributed by atoms with E-state index in [0.29, 0.717) is 17.4 Å². The van der Waals surface area contributed by atoms with Crippen molar-refractivity contribution in [3.05, 3.63) is 121 Å². The van der Waals surface area contributed by atoms with Crippen molar-refractivity contribution in [3.63, 3.8) is 0 Å². The molecule has 0 unspecified atom stereocenters. The highest BCUT2D eigenvalue weighted by molar-refractivity contribution is 7.96. The van der Waals surface area contributed by atoms with E-state index >= 15 is 0 Å². The predicted octanol–water partition coefficient (Wildman–Crippen LogP) is 4.45. The minimum absolute atomic E-state index is 0.113. The highest BCUT2D eigenvalue weighted by atomic mass is 31.2. The number of nitrogen functional groups attached to an aromatic ring is 1. The highest BCUT2D eigenvalue weighted by Crippen LogP contribution is 2.55. The normalized spacial score (nSPS) is 11.2. The van der Waals surface area contributed by atoms with Crippen LogP contribution in [-0.4, -0.2) is 11.9 Å². The molecule has 0 radical (unpaired) electrons. The summed E-state index contributed by atoms with van der Waals surface area (Å²) in [6.45, 7) is 0. The second kappa shape index (κ2) is 8.43. The summed E-state index contributed by atoms with van der Waals surface area (Å²) in [7, 11) is -2.18. The van der Waals surface area contributed by atoms with E-state index < -0.39 is 7.26 Å². The SMILES string of the molecule is Nc1cccc(C(=O)C[P+](c2ccccc2)(c2ccccc2)c2ccccc2)c1. The van der Waals surface area contributed by atoms with E-state index in [4.69, 9.17) is 5.73 Å². The van der Waals surface area contributed by atoms with Crippen LogP contribution in [-0.2, 0) is 0 Å². The van der Waals surface area contributed by atoms with E-state index in [0.717, 1.165) is 0 Å². The third-order valence-electron chi connectivity index (χ3n) is 5.18. The number of nitrogens with two attached hydrogens (primary N) is 1. The minimum Gasteiger partial charge on any atom is -0.399 e. The van der Waals surface area contributed by atoms with Crippen LogP contribution in [0.25, 0.3) is 0 Å². The minimum atomic E-state index is -2.18. The Morgan fingerprint density at radius 1 is 0.621 bits per heavy atom. The second-order valence-electron chi connectivity index (χ2n) is 7.02. The summed E-state index contributed by atoms with van der Waals surface area (Å²) in [5.74, 6) is 0.113. The topological polar surface area (TPSA) is 43.1 Å². The predicted molar refractivity (Wildman–Crippen MR) is 125 cm³/mol. The smallest absolute Gasteiger partial charge is 0.201 e. The Morgan fingerprint density at radius 3 is 1.48 bits per heavy atom. The molecule has 0 aromatic heterocycles. The fourth-order valence-electron chi connectivity index (χ4n) is 3.79. The van der Waals surface area contributed by atoms with Gasteiger partial charge in [-0.3, -0.25) is 4.79 Å². The van der Waals surface area contributed by atoms with Crippen molar-refractivity contribution in [2.24, 2.45) is 0 Å². The number of carbonyl (C=O) groups excluding carboxylic acids is 1. The molecule has 0 heterocycles. The molecule has 0 amide bonds. The number of Topliss-reactive ketones (excluding diaryl/α,β-unsaturated/α-hetero) is 1. The van der Waals surface area contributed by atoms with Gasteiger partial charge >= 0.3 is 0 Å². The fraction of sp³-hybridized carbons (Fsp3) is 0.0385. The van der Waals surface area contributed by atoms with E-state index in [1.54, 1.807) is 6.07 Å². The summed E-state index contributed by atoms with van der Waals surface area (Å²) in [6, 6.07) is 38.6. The van der Waals surface area contributed by atoms with Crippen LogP contribution < -0.4 is 21.6 Å². The van der Waals surface area contributed by atoms with Crippen molar-refractivity contribution < 1.29 is 4.79 Å². The number of benzene rings is 4. The van der Waals surface area contributed by atoms with Crippen molar-refractivity contribution in [2.45, 2.75) is 0 Å². The number of anilines is 1. The van der Waals surface area contributed by atoms with Crippen LogP contribution in [0, 0.1) is 0 Å². The van der Waals surface area contributed by atoms with Gasteiger partial charge in [0.05, 0.1) is 0 Å². The molecular weight excluding hydrogens is 373 g/mol. The molecule has 29 heavy (non-hydrogen) atoms. The lowest BCUT2D eigenvalue weighted by Crippen LogP contribution is -2.35. The van der Waals surface area contributed by atoms with E-state index in [2.05, 4.69) is 72.8 Å². The van der Waals surface area contributed by atoms with Crippen LogP contribution in [0.2, 0.25) is 0 Å². The Balaban J connectivity index is 1.94. The second-order valence-corrected chi connectivity index (χ2v) is 10.5. The Hall–Kier alpha value is -3.22. The van der Waals surface area contributed by atoms with E-state index in [1.807, 2.05) is 36.4 Å². The first-order valence-electron chi connectivity index (χ1n) is 9.64. The van der Waals surface area contributed by atoms with Crippen LogP contribution in [0.3, 0.4) is 0 Å². The third-order valence-corrected chi connectivity index (χ3v) is 9.48. The van der Waals surface area contributed by atoms with E-state index in [9.17, 15) is 4.79 Å². The van der Waals surface area contributed by atoms with Gasteiger partial charge < -0.3 is 5.73 Å². The van der Waals surface area contributed by atoms with Gasteiger partial charge in [0.15, 0.2) is 0 Å². The molecule has 2 nitrogen and oxygen atoms in total. The number of carbonyl (C=O) groups is 1. The molecule has 3 heteroatoms. The number of rotatable bonds is 6. The molecule has 0 atom stereocenters. The largest absolute Gasteiger partial charge is 0.399 e. The maximum absolute atomic E-state index is 13.5. The van der Waals surface area contributed by atoms with Crippen molar-refractivity contribution in [2.75, 3.05) is 11.9 Å². The highest BCUT2D eigenvalue weighted by Gasteiger charge is 2.47. The van der Waals surface area contributed by atoms with Crippen molar-refractivity contribution in [1.29, 1.82) is 0 Å². The molecule has 0 fully saturated rings. The zero-order valence-electron chi connectivity index (χ0n) is 16.1. The number of hydrogen-bond donors (Lipinski definition) is 1. The van der Waals surface area contributed by atoms with Crippen molar-refractivity contribution in [3.8, 4) is 0 Å². The average molecular weight is 396 g/mol. The summed E-state index contributed by atoms with van der Waals surface area (Å²) < 4.78 is 0. The standard InChI is InChI=1S/C26H23NOP/c27-22-12-10-11-21(19-22)26(28)20-29(23-13-4-1-5-14-23,24-15-6-2-7-16-24)25-17-8-3-9-18-25/h1-19H,20,27H2/q+1. The molecule has 4 aromatic carbocycles. The molecule has 0 aliphatic carbocycles. The Morgan fingerprint density at radius 2 is 1.07 bits per heavy atom. The quantitative estimate of drug-likeness (QED) is 0.297. The Labute approximate surface area is 172 Å². The van der Waals surface area contributed by atoms with Gasteiger partial charge in [-0.05, 0) is 48.5 Å². The Kier molecular flexibility index (Phi) is 5.55. The molecule has 142 valence electrons. The van der Waals surface area contributed by atoms with Gasteiger partial charge in [-0.1, -0.05) is 66.7 Å². The monoisotopic (exact) mass is 396 g/mol. The molecule has 2 N–H and O–H groups in total. The molecule has 4 aromatic rings. The molecule has 4 rings (SSSR count). The number of ketones is 1. The first kappa shape index (κ1) is 19.1. The molecule has 0 saturated heterocycles. The fourth-order valence-corrected chi connectivity index (χ4v) is 7.89. The molecule has 0 saturated carbocycles. The zero-order valence-corrected chi connectivity index (χ0v) is 17.0. The van der Waals surface area contributed by atoms with Gasteiger partial charge in [0.1, 0.15) is 29.3 Å². The third kappa shape index (κ3) is 3.85. The van der Waals surface area contributed by atoms with Gasteiger partial charge in [0.25, 0.3) is 0 Å². The summed E-state index contributed by atoms with van der Waals surface area (Å²) in [5.41, 5.74) is 7.22. The van der Waals surface area contributed by atoms with Gasteiger partial charge in [-0.2, -0.15) is 0 Å². The first-order valence-corrected chi connectivity index (χ1v) is 11.6. The van der Waals surface area contributed by atoms with Crippen LogP contribution in [0.4, 0.5) is 5.69 Å². The van der Waals surface area contributed by atoms with Gasteiger partial charge in [0.2, 0.25) is 5.78 Å². The average Bonchev–Trinajstić information content (AvgIpc) is 2.79. The summed E-state index contributed by atoms with van der Waals surface area (Å²) in [6.07, 6.45) is 0.425. The summed E-state index contributed by atoms with van der Waals surface area (Å²) >= 11 is 0. The van der Waals surface area contributed by atoms with Crippen molar-refractivity contribution in [1.82, 2.24) is 0 Å². The summed E-state index contributed by atoms with van der Waals surface area (Å²) in [5, 5.41) is 3.61. The molecule has 0 aliphatic rings. The maximum atomic E-state index is 13.5. The molecular formula is C26H23NOP+. The molecule has 0 spiro atoms. The van der Waals surface area contributed by atoms with Crippen LogP contribution in [0.5, 0.6) is 0 Å². The molecule has 0 bridgehead atoms. The lowest BCUT2D eigenvalue weighted by Gasteiger charge is -2.27. The van der Waals surface area contributed by atoms with Gasteiger partial charge in [-0.15, -0.1) is 0 Å². The van der Waals surface area contributed by atoms with Gasteiger partial charge in [-0.25, -0.2) is 0 Å². The number of hydrogen-bond acceptors (Lipinski definition) is 2. The lowest BCUT2D eigenvalue weighted by atomic mass is 10.1. The van der Waals surface area contributed by atoms with Crippen LogP contribution in [0.1, 0.15) is 10.4 Å². The van der Waals surface area contributed by atoms with Crippen LogP contribution in [0.15, 0.2) is 115 Å².